The van der Waals surface area contributed by atoms with Crippen LogP contribution in [-0.4, -0.2) is 42.0 Å². The van der Waals surface area contributed by atoms with Crippen molar-refractivity contribution in [2.24, 2.45) is 0 Å². The average Bonchev–Trinajstić information content (AvgIpc) is 3.08. The molecule has 0 saturated carbocycles. The van der Waals surface area contributed by atoms with Crippen LogP contribution < -0.4 is 10.9 Å². The highest BCUT2D eigenvalue weighted by Gasteiger charge is 2.12. The summed E-state index contributed by atoms with van der Waals surface area (Å²) in [6.07, 6.45) is 6.21. The molecule has 0 radical (unpaired) electrons. The number of unbranched alkanes of at least 4 members (excludes halogenated alkanes) is 1. The van der Waals surface area contributed by atoms with E-state index in [1.165, 1.54) is 32.1 Å². The predicted molar refractivity (Wildman–Crippen MR) is 91.8 cm³/mol. The van der Waals surface area contributed by atoms with E-state index in [1.54, 1.807) is 12.1 Å². The molecule has 1 fully saturated rings. The third-order valence-electron chi connectivity index (χ3n) is 4.44. The molecule has 0 bridgehead atoms. The van der Waals surface area contributed by atoms with Crippen LogP contribution >= 0.6 is 0 Å². The number of aromatic amines is 1. The zero-order valence-corrected chi connectivity index (χ0v) is 13.3. The highest BCUT2D eigenvalue weighted by atomic mass is 16.1. The van der Waals surface area contributed by atoms with Crippen LogP contribution in [0, 0.1) is 0 Å². The minimum absolute atomic E-state index is 0.126. The number of rotatable bonds is 6. The van der Waals surface area contributed by atoms with Gasteiger partial charge in [0.2, 0.25) is 0 Å². The van der Waals surface area contributed by atoms with E-state index in [0.29, 0.717) is 22.9 Å². The van der Waals surface area contributed by atoms with Gasteiger partial charge in [-0.1, -0.05) is 18.2 Å². The van der Waals surface area contributed by atoms with Crippen LogP contribution in [0.5, 0.6) is 0 Å². The summed E-state index contributed by atoms with van der Waals surface area (Å²) in [4.78, 5) is 29.3. The molecule has 1 aliphatic rings. The Morgan fingerprint density at radius 3 is 2.65 bits per heavy atom. The predicted octanol–water partition coefficient (Wildman–Crippen LogP) is 2.13. The molecule has 0 aliphatic carbocycles. The van der Waals surface area contributed by atoms with Crippen molar-refractivity contribution in [3.05, 3.63) is 46.4 Å². The van der Waals surface area contributed by atoms with Gasteiger partial charge in [0.25, 0.3) is 11.5 Å². The lowest BCUT2D eigenvalue weighted by Gasteiger charge is -2.14. The lowest BCUT2D eigenvalue weighted by atomic mass is 10.1. The standard InChI is InChI=1S/C18H23N3O2/c22-17-15-8-2-1-7-14(15)16(13-20-17)18(23)19-9-3-4-10-21-11-5-6-12-21/h1-2,7-8,13H,3-6,9-12H2,(H,19,23)(H,20,22). The fraction of sp³-hybridized carbons (Fsp3) is 0.444. The van der Waals surface area contributed by atoms with Crippen LogP contribution in [0.2, 0.25) is 0 Å². The fourth-order valence-electron chi connectivity index (χ4n) is 3.16. The van der Waals surface area contributed by atoms with Crippen molar-refractivity contribution in [1.82, 2.24) is 15.2 Å². The summed E-state index contributed by atoms with van der Waals surface area (Å²) in [6, 6.07) is 7.19. The Labute approximate surface area is 135 Å². The van der Waals surface area contributed by atoms with Crippen molar-refractivity contribution >= 4 is 16.7 Å². The first kappa shape index (κ1) is 15.7. The minimum Gasteiger partial charge on any atom is -0.352 e. The summed E-state index contributed by atoms with van der Waals surface area (Å²) in [5.74, 6) is -0.126. The van der Waals surface area contributed by atoms with Crippen LogP contribution in [-0.2, 0) is 0 Å². The Balaban J connectivity index is 1.54. The summed E-state index contributed by atoms with van der Waals surface area (Å²) in [5, 5.41) is 4.21. The highest BCUT2D eigenvalue weighted by molar-refractivity contribution is 6.06. The van der Waals surface area contributed by atoms with Crippen molar-refractivity contribution in [2.45, 2.75) is 25.7 Å². The van der Waals surface area contributed by atoms with Gasteiger partial charge in [0.05, 0.1) is 5.56 Å². The topological polar surface area (TPSA) is 65.2 Å². The quantitative estimate of drug-likeness (QED) is 0.803. The first-order valence-electron chi connectivity index (χ1n) is 8.37. The van der Waals surface area contributed by atoms with E-state index in [0.717, 1.165) is 19.4 Å². The van der Waals surface area contributed by atoms with E-state index in [1.807, 2.05) is 12.1 Å². The zero-order valence-electron chi connectivity index (χ0n) is 13.3. The molecule has 1 saturated heterocycles. The van der Waals surface area contributed by atoms with E-state index in [2.05, 4.69) is 15.2 Å². The number of H-pyrrole nitrogens is 1. The third kappa shape index (κ3) is 3.79. The number of pyridine rings is 1. The van der Waals surface area contributed by atoms with E-state index < -0.39 is 0 Å². The molecule has 0 atom stereocenters. The number of carbonyl (C=O) groups excluding carboxylic acids is 1. The summed E-state index contributed by atoms with van der Waals surface area (Å²) in [5.41, 5.74) is 0.363. The summed E-state index contributed by atoms with van der Waals surface area (Å²) >= 11 is 0. The van der Waals surface area contributed by atoms with Gasteiger partial charge in [-0.05, 0) is 51.4 Å². The molecule has 5 heteroatoms. The summed E-state index contributed by atoms with van der Waals surface area (Å²) < 4.78 is 0. The molecule has 1 amide bonds. The van der Waals surface area contributed by atoms with Gasteiger partial charge in [-0.3, -0.25) is 9.59 Å². The third-order valence-corrected chi connectivity index (χ3v) is 4.44. The Bertz CT molecular complexity index is 732. The van der Waals surface area contributed by atoms with Crippen molar-refractivity contribution < 1.29 is 4.79 Å². The lowest BCUT2D eigenvalue weighted by molar-refractivity contribution is 0.0954. The number of amides is 1. The molecule has 0 unspecified atom stereocenters. The Kier molecular flexibility index (Phi) is 5.08. The number of nitrogens with one attached hydrogen (secondary N) is 2. The molecule has 2 aromatic rings. The molecule has 3 rings (SSSR count). The van der Waals surface area contributed by atoms with Crippen LogP contribution in [0.25, 0.3) is 10.8 Å². The number of nitrogens with zero attached hydrogens (tertiary/aromatic N) is 1. The number of hydrogen-bond donors (Lipinski definition) is 2. The number of hydrogen-bond acceptors (Lipinski definition) is 3. The summed E-state index contributed by atoms with van der Waals surface area (Å²) in [6.45, 7) is 4.23. The second-order valence-electron chi connectivity index (χ2n) is 6.09. The Morgan fingerprint density at radius 1 is 1.13 bits per heavy atom. The monoisotopic (exact) mass is 313 g/mol. The van der Waals surface area contributed by atoms with Crippen LogP contribution in [0.4, 0.5) is 0 Å². The van der Waals surface area contributed by atoms with E-state index >= 15 is 0 Å². The van der Waals surface area contributed by atoms with Gasteiger partial charge >= 0.3 is 0 Å². The number of carbonyl (C=O) groups is 1. The van der Waals surface area contributed by atoms with Gasteiger partial charge < -0.3 is 15.2 Å². The maximum atomic E-state index is 12.3. The molecule has 2 N–H and O–H groups in total. The van der Waals surface area contributed by atoms with Crippen LogP contribution in [0.3, 0.4) is 0 Å². The molecule has 1 aromatic heterocycles. The minimum atomic E-state index is -0.164. The number of aromatic nitrogens is 1. The van der Waals surface area contributed by atoms with E-state index in [9.17, 15) is 9.59 Å². The fourth-order valence-corrected chi connectivity index (χ4v) is 3.16. The maximum absolute atomic E-state index is 12.3. The normalized spacial score (nSPS) is 15.1. The molecule has 1 aliphatic heterocycles. The number of likely N-dealkylation sites (tertiary alicyclic amines) is 1. The maximum Gasteiger partial charge on any atom is 0.255 e. The molecule has 2 heterocycles. The van der Waals surface area contributed by atoms with Crippen molar-refractivity contribution in [1.29, 1.82) is 0 Å². The SMILES string of the molecule is O=C(NCCCCN1CCCC1)c1c[nH]c(=O)c2ccccc12. The largest absolute Gasteiger partial charge is 0.352 e. The first-order valence-corrected chi connectivity index (χ1v) is 8.37. The van der Waals surface area contributed by atoms with E-state index in [4.69, 9.17) is 0 Å². The number of fused-ring (bicyclic) bond motifs is 1. The molecular weight excluding hydrogens is 290 g/mol. The molecule has 0 spiro atoms. The van der Waals surface area contributed by atoms with Crippen LogP contribution in [0.1, 0.15) is 36.0 Å². The summed E-state index contributed by atoms with van der Waals surface area (Å²) in [7, 11) is 0. The molecule has 1 aromatic carbocycles. The molecule has 5 nitrogen and oxygen atoms in total. The highest BCUT2D eigenvalue weighted by Crippen LogP contribution is 2.14. The van der Waals surface area contributed by atoms with E-state index in [-0.39, 0.29) is 11.5 Å². The van der Waals surface area contributed by atoms with Gasteiger partial charge in [-0.25, -0.2) is 0 Å². The Hall–Kier alpha value is -2.14. The van der Waals surface area contributed by atoms with Crippen molar-refractivity contribution in [2.75, 3.05) is 26.2 Å². The van der Waals surface area contributed by atoms with Gasteiger partial charge in [0.15, 0.2) is 0 Å². The van der Waals surface area contributed by atoms with Crippen molar-refractivity contribution in [3.8, 4) is 0 Å². The Morgan fingerprint density at radius 2 is 1.87 bits per heavy atom. The second kappa shape index (κ2) is 7.42. The number of benzene rings is 1. The zero-order chi connectivity index (χ0) is 16.1. The second-order valence-corrected chi connectivity index (χ2v) is 6.09. The molecule has 122 valence electrons. The first-order chi connectivity index (χ1) is 11.3. The van der Waals surface area contributed by atoms with Gasteiger partial charge in [0, 0.05) is 23.5 Å². The molecular formula is C18H23N3O2. The van der Waals surface area contributed by atoms with Crippen molar-refractivity contribution in [3.63, 3.8) is 0 Å². The average molecular weight is 313 g/mol. The molecule has 23 heavy (non-hydrogen) atoms. The van der Waals surface area contributed by atoms with Gasteiger partial charge in [-0.15, -0.1) is 0 Å². The van der Waals surface area contributed by atoms with Gasteiger partial charge in [0.1, 0.15) is 0 Å². The van der Waals surface area contributed by atoms with Crippen LogP contribution in [0.15, 0.2) is 35.3 Å². The van der Waals surface area contributed by atoms with Gasteiger partial charge in [-0.2, -0.15) is 0 Å². The smallest absolute Gasteiger partial charge is 0.255 e. The lowest BCUT2D eigenvalue weighted by Crippen LogP contribution is -2.27.